The molecule has 3 N–H and O–H groups in total. The van der Waals surface area contributed by atoms with Crippen LogP contribution in [0.25, 0.3) is 0 Å². The van der Waals surface area contributed by atoms with Gasteiger partial charge in [-0.2, -0.15) is 0 Å². The molecule has 1 heterocycles. The number of rotatable bonds is 3. The summed E-state index contributed by atoms with van der Waals surface area (Å²) in [4.78, 5) is 5.05. The maximum absolute atomic E-state index is 7.81. The predicted molar refractivity (Wildman–Crippen MR) is 88.2 cm³/mol. The molecule has 1 saturated carbocycles. The van der Waals surface area contributed by atoms with Crippen LogP contribution < -0.4 is 10.6 Å². The van der Waals surface area contributed by atoms with Crippen LogP contribution in [0, 0.1) is 12.3 Å². The Bertz CT molecular complexity index is 512. The Balaban J connectivity index is 1.70. The van der Waals surface area contributed by atoms with Crippen molar-refractivity contribution in [2.75, 3.05) is 31.1 Å². The van der Waals surface area contributed by atoms with E-state index >= 15 is 0 Å². The van der Waals surface area contributed by atoms with E-state index in [9.17, 15) is 0 Å². The number of nitrogens with zero attached hydrogens (tertiary/aromatic N) is 2. The van der Waals surface area contributed by atoms with Crippen LogP contribution in [0.2, 0.25) is 0 Å². The number of amidine groups is 1. The van der Waals surface area contributed by atoms with Crippen LogP contribution in [0.15, 0.2) is 18.2 Å². The molecule has 0 bridgehead atoms. The second kappa shape index (κ2) is 6.06. The number of benzene rings is 1. The Kier molecular flexibility index (Phi) is 4.15. The van der Waals surface area contributed by atoms with Gasteiger partial charge in [0.1, 0.15) is 5.84 Å². The van der Waals surface area contributed by atoms with E-state index < -0.39 is 0 Å². The van der Waals surface area contributed by atoms with Crippen molar-refractivity contribution in [3.8, 4) is 0 Å². The predicted octanol–water partition coefficient (Wildman–Crippen LogP) is 2.34. The van der Waals surface area contributed by atoms with Crippen molar-refractivity contribution in [2.24, 2.45) is 5.73 Å². The summed E-state index contributed by atoms with van der Waals surface area (Å²) in [5, 5.41) is 7.81. The molecule has 0 atom stereocenters. The Labute approximate surface area is 127 Å². The molecule has 1 aromatic carbocycles. The fourth-order valence-electron chi connectivity index (χ4n) is 3.74. The van der Waals surface area contributed by atoms with Gasteiger partial charge in [0.05, 0.1) is 0 Å². The maximum atomic E-state index is 7.81. The smallest absolute Gasteiger partial charge is 0.124 e. The molecule has 21 heavy (non-hydrogen) atoms. The van der Waals surface area contributed by atoms with Gasteiger partial charge in [-0.25, -0.2) is 0 Å². The molecule has 2 aliphatic rings. The third kappa shape index (κ3) is 3.05. The molecule has 1 aliphatic heterocycles. The summed E-state index contributed by atoms with van der Waals surface area (Å²) in [5.41, 5.74) is 8.93. The van der Waals surface area contributed by atoms with Crippen molar-refractivity contribution in [3.63, 3.8) is 0 Å². The molecule has 2 fully saturated rings. The molecule has 1 aromatic rings. The SMILES string of the molecule is Cc1ccc(N2CCN(C3CCCC3)CC2)c(C(=N)N)c1. The van der Waals surface area contributed by atoms with Crippen molar-refractivity contribution in [1.29, 1.82) is 5.41 Å². The normalized spacial score (nSPS) is 20.9. The lowest BCUT2D eigenvalue weighted by Gasteiger charge is -2.39. The lowest BCUT2D eigenvalue weighted by molar-refractivity contribution is 0.187. The van der Waals surface area contributed by atoms with Gasteiger partial charge in [-0.15, -0.1) is 0 Å². The Morgan fingerprint density at radius 1 is 1.14 bits per heavy atom. The molecule has 4 heteroatoms. The van der Waals surface area contributed by atoms with Crippen LogP contribution in [0.1, 0.15) is 36.8 Å². The van der Waals surface area contributed by atoms with Gasteiger partial charge >= 0.3 is 0 Å². The molecule has 0 spiro atoms. The second-order valence-electron chi connectivity index (χ2n) is 6.40. The summed E-state index contributed by atoms with van der Waals surface area (Å²) in [6.07, 6.45) is 5.56. The van der Waals surface area contributed by atoms with Crippen LogP contribution in [0.5, 0.6) is 0 Å². The number of nitrogens with two attached hydrogens (primary N) is 1. The van der Waals surface area contributed by atoms with E-state index in [1.54, 1.807) is 0 Å². The third-order valence-corrected chi connectivity index (χ3v) is 4.94. The number of aryl methyl sites for hydroxylation is 1. The average molecular weight is 286 g/mol. The number of piperazine rings is 1. The minimum absolute atomic E-state index is 0.173. The number of nitrogen functional groups attached to an aromatic ring is 1. The van der Waals surface area contributed by atoms with E-state index in [1.165, 1.54) is 25.7 Å². The fourth-order valence-corrected chi connectivity index (χ4v) is 3.74. The van der Waals surface area contributed by atoms with Crippen molar-refractivity contribution in [3.05, 3.63) is 29.3 Å². The van der Waals surface area contributed by atoms with E-state index in [1.807, 2.05) is 13.0 Å². The van der Waals surface area contributed by atoms with E-state index in [-0.39, 0.29) is 5.84 Å². The molecule has 4 nitrogen and oxygen atoms in total. The highest BCUT2D eigenvalue weighted by atomic mass is 15.3. The molecule has 1 saturated heterocycles. The lowest BCUT2D eigenvalue weighted by atomic mass is 10.1. The fraction of sp³-hybridized carbons (Fsp3) is 0.588. The minimum Gasteiger partial charge on any atom is -0.384 e. The number of hydrogen-bond acceptors (Lipinski definition) is 3. The van der Waals surface area contributed by atoms with E-state index in [0.717, 1.165) is 49.0 Å². The Morgan fingerprint density at radius 3 is 2.43 bits per heavy atom. The van der Waals surface area contributed by atoms with Gasteiger partial charge in [0.25, 0.3) is 0 Å². The van der Waals surface area contributed by atoms with Crippen molar-refractivity contribution in [1.82, 2.24) is 4.90 Å². The summed E-state index contributed by atoms with van der Waals surface area (Å²) in [6.45, 7) is 6.40. The zero-order valence-electron chi connectivity index (χ0n) is 12.9. The molecule has 114 valence electrons. The number of anilines is 1. The van der Waals surface area contributed by atoms with Crippen LogP contribution in [-0.4, -0.2) is 43.0 Å². The summed E-state index contributed by atoms with van der Waals surface area (Å²) in [6, 6.07) is 7.08. The van der Waals surface area contributed by atoms with E-state index in [0.29, 0.717) is 0 Å². The lowest BCUT2D eigenvalue weighted by Crippen LogP contribution is -2.50. The number of hydrogen-bond donors (Lipinski definition) is 2. The quantitative estimate of drug-likeness (QED) is 0.662. The summed E-state index contributed by atoms with van der Waals surface area (Å²) < 4.78 is 0. The highest BCUT2D eigenvalue weighted by Crippen LogP contribution is 2.27. The third-order valence-electron chi connectivity index (χ3n) is 4.94. The summed E-state index contributed by atoms with van der Waals surface area (Å²) in [5.74, 6) is 0.173. The summed E-state index contributed by atoms with van der Waals surface area (Å²) >= 11 is 0. The van der Waals surface area contributed by atoms with Crippen LogP contribution in [-0.2, 0) is 0 Å². The Morgan fingerprint density at radius 2 is 1.81 bits per heavy atom. The maximum Gasteiger partial charge on any atom is 0.124 e. The molecule has 0 unspecified atom stereocenters. The Hall–Kier alpha value is -1.55. The monoisotopic (exact) mass is 286 g/mol. The molecule has 0 radical (unpaired) electrons. The molecular formula is C17H26N4. The topological polar surface area (TPSA) is 56.4 Å². The van der Waals surface area contributed by atoms with E-state index in [2.05, 4.69) is 21.9 Å². The van der Waals surface area contributed by atoms with Crippen molar-refractivity contribution < 1.29 is 0 Å². The van der Waals surface area contributed by atoms with Gasteiger partial charge in [0, 0.05) is 43.5 Å². The molecule has 0 amide bonds. The van der Waals surface area contributed by atoms with Gasteiger partial charge in [0.15, 0.2) is 0 Å². The minimum atomic E-state index is 0.173. The zero-order chi connectivity index (χ0) is 14.8. The highest BCUT2D eigenvalue weighted by molar-refractivity contribution is 6.00. The first-order valence-corrected chi connectivity index (χ1v) is 8.09. The van der Waals surface area contributed by atoms with Gasteiger partial charge in [-0.05, 0) is 31.9 Å². The molecule has 0 aromatic heterocycles. The first-order chi connectivity index (χ1) is 10.1. The molecule has 1 aliphatic carbocycles. The van der Waals surface area contributed by atoms with Gasteiger partial charge in [-0.3, -0.25) is 10.3 Å². The highest BCUT2D eigenvalue weighted by Gasteiger charge is 2.27. The summed E-state index contributed by atoms with van der Waals surface area (Å²) in [7, 11) is 0. The largest absolute Gasteiger partial charge is 0.384 e. The van der Waals surface area contributed by atoms with Crippen molar-refractivity contribution in [2.45, 2.75) is 38.6 Å². The second-order valence-corrected chi connectivity index (χ2v) is 6.40. The standard InChI is InChI=1S/C17H26N4/c1-13-6-7-16(15(12-13)17(18)19)21-10-8-20(9-11-21)14-4-2-3-5-14/h6-7,12,14H,2-5,8-11H2,1H3,(H3,18,19). The van der Waals surface area contributed by atoms with Crippen LogP contribution in [0.3, 0.4) is 0 Å². The van der Waals surface area contributed by atoms with Crippen molar-refractivity contribution >= 4 is 11.5 Å². The average Bonchev–Trinajstić information content (AvgIpc) is 3.01. The first-order valence-electron chi connectivity index (χ1n) is 8.09. The van der Waals surface area contributed by atoms with Gasteiger partial charge in [0.2, 0.25) is 0 Å². The zero-order valence-corrected chi connectivity index (χ0v) is 12.9. The van der Waals surface area contributed by atoms with Crippen LogP contribution >= 0.6 is 0 Å². The van der Waals surface area contributed by atoms with Gasteiger partial charge in [-0.1, -0.05) is 24.5 Å². The molecular weight excluding hydrogens is 260 g/mol. The van der Waals surface area contributed by atoms with E-state index in [4.69, 9.17) is 11.1 Å². The van der Waals surface area contributed by atoms with Gasteiger partial charge < -0.3 is 10.6 Å². The van der Waals surface area contributed by atoms with Crippen LogP contribution in [0.4, 0.5) is 5.69 Å². The first kappa shape index (κ1) is 14.4. The number of nitrogens with one attached hydrogen (secondary N) is 1. The molecule has 3 rings (SSSR count).